The summed E-state index contributed by atoms with van der Waals surface area (Å²) in [5.41, 5.74) is 9.85. The van der Waals surface area contributed by atoms with E-state index in [2.05, 4.69) is 67.8 Å². The van der Waals surface area contributed by atoms with E-state index in [9.17, 15) is 28.8 Å². The summed E-state index contributed by atoms with van der Waals surface area (Å²) in [5, 5.41) is 6.39. The minimum Gasteiger partial charge on any atom is -0.482 e. The van der Waals surface area contributed by atoms with E-state index in [-0.39, 0.29) is 55.3 Å². The zero-order chi connectivity index (χ0) is 73.0. The van der Waals surface area contributed by atoms with Gasteiger partial charge in [0.25, 0.3) is 29.5 Å². The third kappa shape index (κ3) is 19.3. The number of benzene rings is 7. The van der Waals surface area contributed by atoms with Crippen LogP contribution in [0.25, 0.3) is 0 Å². The van der Waals surface area contributed by atoms with Crippen molar-refractivity contribution >= 4 is 58.2 Å². The fraction of sp³-hybridized carbons (Fsp3) is 0.402. The molecule has 1 aromatic heterocycles. The summed E-state index contributed by atoms with van der Waals surface area (Å²) in [6, 6.07) is 61.4. The smallest absolute Gasteiger partial charge is 0.265 e. The molecule has 0 atom stereocenters. The van der Waals surface area contributed by atoms with Gasteiger partial charge in [-0.15, -0.1) is 0 Å². The Morgan fingerprint density at radius 1 is 0.443 bits per heavy atom. The van der Waals surface area contributed by atoms with Gasteiger partial charge >= 0.3 is 0 Å². The Bertz CT molecular complexity index is 4240. The van der Waals surface area contributed by atoms with E-state index in [1.165, 1.54) is 48.8 Å². The molecule has 2 N–H and O–H groups in total. The second-order valence-electron chi connectivity index (χ2n) is 29.0. The molecule has 15 rings (SSSR count). The molecule has 7 aromatic carbocycles. The largest absolute Gasteiger partial charge is 0.482 e. The number of carbonyl (C=O) groups is 6. The first kappa shape index (κ1) is 74.2. The molecular weight excluding hydrogens is 1330 g/mol. The van der Waals surface area contributed by atoms with Gasteiger partial charge in [-0.1, -0.05) is 141 Å². The highest BCUT2D eigenvalue weighted by Gasteiger charge is 2.33. The zero-order valence-electron chi connectivity index (χ0n) is 61.2. The van der Waals surface area contributed by atoms with Crippen molar-refractivity contribution in [1.82, 2.24) is 24.9 Å². The summed E-state index contributed by atoms with van der Waals surface area (Å²) in [6.07, 6.45) is 15.3. The molecule has 6 amide bonds. The van der Waals surface area contributed by atoms with Crippen LogP contribution in [0.2, 0.25) is 0 Å². The van der Waals surface area contributed by atoms with Gasteiger partial charge in [0.15, 0.2) is 19.8 Å². The van der Waals surface area contributed by atoms with Crippen LogP contribution in [0.1, 0.15) is 144 Å². The van der Waals surface area contributed by atoms with Gasteiger partial charge < -0.3 is 63.6 Å². The highest BCUT2D eigenvalue weighted by atomic mass is 16.5. The van der Waals surface area contributed by atoms with Gasteiger partial charge in [-0.2, -0.15) is 0 Å². The van der Waals surface area contributed by atoms with Crippen LogP contribution in [-0.4, -0.2) is 167 Å². The van der Waals surface area contributed by atoms with Crippen LogP contribution in [0.5, 0.6) is 17.2 Å². The molecule has 19 nitrogen and oxygen atoms in total. The second kappa shape index (κ2) is 36.8. The highest BCUT2D eigenvalue weighted by molar-refractivity contribution is 6.00. The maximum atomic E-state index is 13.2. The average molecular weight is 1430 g/mol. The summed E-state index contributed by atoms with van der Waals surface area (Å²) < 4.78 is 22.1. The normalized spacial score (nSPS) is 17.6. The van der Waals surface area contributed by atoms with Crippen LogP contribution >= 0.6 is 0 Å². The summed E-state index contributed by atoms with van der Waals surface area (Å²) in [4.78, 5) is 90.9. The monoisotopic (exact) mass is 1430 g/mol. The lowest BCUT2D eigenvalue weighted by Gasteiger charge is -2.35. The number of aryl methyl sites for hydroxylation is 1. The standard InChI is InChI=1S/C30H33N3O3.C29H37N3O3.C28H31N3O4/c34-29(15-14-23-8-2-1-3-9-23)31-26-11-5-4-10-25(26)24-16-18-32(19-17-24)20-21-33-27-12-6-7-13-28(27)36-22-30(33)35;33-28-21-35-27-13-7-6-12-26(27)32(28)19-18-31-16-14-23(15-17-31)24-10-4-5-11-25(24)29(34)30-20-22-8-2-1-3-9-22;1-29(19-22-7-6-18-34-22)28(33)24-9-3-2-8-23(24)21-12-14-30(15-13-21)16-17-31-25-10-4-5-11-26(25)35-20-27(31)32/h1-13,24H,14-22H2,(H,31,34);4-7,10-13,22-23H,1-3,8-9,14-21H2,(H,30,34);2-11,18,21H,12-17,19-20H2,1H3. The van der Waals surface area contributed by atoms with Crippen LogP contribution in [0, 0.1) is 5.92 Å². The lowest BCUT2D eigenvalue weighted by molar-refractivity contribution is -0.122. The molecule has 1 aliphatic carbocycles. The number of fused-ring (bicyclic) bond motifs is 3. The number of ether oxygens (including phenoxy) is 3. The van der Waals surface area contributed by atoms with Gasteiger partial charge in [0, 0.05) is 76.1 Å². The summed E-state index contributed by atoms with van der Waals surface area (Å²) in [6.45, 7) is 11.8. The van der Waals surface area contributed by atoms with Crippen molar-refractivity contribution in [3.05, 3.63) is 233 Å². The summed E-state index contributed by atoms with van der Waals surface area (Å²) >= 11 is 0. The number of nitrogens with one attached hydrogen (secondary N) is 2. The molecular formula is C87H101N9O10. The Hall–Kier alpha value is -10.1. The molecule has 19 heteroatoms. The van der Waals surface area contributed by atoms with Crippen molar-refractivity contribution in [2.24, 2.45) is 5.92 Å². The van der Waals surface area contributed by atoms with Crippen LogP contribution in [0.4, 0.5) is 22.7 Å². The lowest BCUT2D eigenvalue weighted by atomic mass is 9.86. The van der Waals surface area contributed by atoms with Crippen LogP contribution < -0.4 is 39.5 Å². The van der Waals surface area contributed by atoms with Crippen molar-refractivity contribution in [1.29, 1.82) is 0 Å². The van der Waals surface area contributed by atoms with E-state index in [0.29, 0.717) is 56.3 Å². The summed E-state index contributed by atoms with van der Waals surface area (Å²) in [5.74, 6) is 5.08. The van der Waals surface area contributed by atoms with Crippen LogP contribution in [0.3, 0.4) is 0 Å². The van der Waals surface area contributed by atoms with E-state index in [1.807, 2.05) is 167 Å². The quantitative estimate of drug-likeness (QED) is 0.0652. The molecule has 7 heterocycles. The Labute approximate surface area is 623 Å². The van der Waals surface area contributed by atoms with Crippen molar-refractivity contribution in [3.8, 4) is 17.2 Å². The zero-order valence-corrected chi connectivity index (χ0v) is 61.2. The first-order valence-corrected chi connectivity index (χ1v) is 38.4. The van der Waals surface area contributed by atoms with E-state index in [4.69, 9.17) is 18.6 Å². The molecule has 7 aliphatic rings. The second-order valence-corrected chi connectivity index (χ2v) is 29.0. The highest BCUT2D eigenvalue weighted by Crippen LogP contribution is 2.38. The van der Waals surface area contributed by atoms with E-state index < -0.39 is 0 Å². The number of nitrogens with zero attached hydrogens (tertiary/aromatic N) is 7. The Kier molecular flexibility index (Phi) is 25.7. The van der Waals surface area contributed by atoms with Gasteiger partial charge in [-0.05, 0) is 210 Å². The van der Waals surface area contributed by atoms with Crippen LogP contribution in [-0.2, 0) is 32.1 Å². The van der Waals surface area contributed by atoms with Gasteiger partial charge in [-0.3, -0.25) is 28.8 Å². The number of anilines is 4. The third-order valence-electron chi connectivity index (χ3n) is 22.1. The number of hydrogen-bond donors (Lipinski definition) is 2. The fourth-order valence-electron chi connectivity index (χ4n) is 16.2. The molecule has 0 radical (unpaired) electrons. The number of furan rings is 1. The van der Waals surface area contributed by atoms with Gasteiger partial charge in [0.05, 0.1) is 29.9 Å². The topological polar surface area (TPSA) is 190 Å². The number of rotatable bonds is 22. The molecule has 1 saturated carbocycles. The van der Waals surface area contributed by atoms with Crippen LogP contribution in [0.15, 0.2) is 199 Å². The molecule has 6 aliphatic heterocycles. The Balaban J connectivity index is 0.000000141. The maximum absolute atomic E-state index is 13.2. The number of likely N-dealkylation sites (tertiary alicyclic amines) is 3. The average Bonchev–Trinajstić information content (AvgIpc) is 0.983. The third-order valence-corrected chi connectivity index (χ3v) is 22.1. The fourth-order valence-corrected chi connectivity index (χ4v) is 16.2. The number of carbonyl (C=O) groups excluding carboxylic acids is 6. The Morgan fingerprint density at radius 3 is 1.36 bits per heavy atom. The maximum Gasteiger partial charge on any atom is 0.265 e. The van der Waals surface area contributed by atoms with Gasteiger partial charge in [0.2, 0.25) is 5.91 Å². The Morgan fingerprint density at radius 2 is 0.868 bits per heavy atom. The molecule has 0 bridgehead atoms. The lowest BCUT2D eigenvalue weighted by Crippen LogP contribution is -2.45. The van der Waals surface area contributed by atoms with Crippen molar-refractivity contribution in [2.75, 3.05) is 132 Å². The predicted molar refractivity (Wildman–Crippen MR) is 414 cm³/mol. The molecule has 0 unspecified atom stereocenters. The number of amides is 6. The number of hydrogen-bond acceptors (Lipinski definition) is 13. The number of piperidine rings is 3. The van der Waals surface area contributed by atoms with Crippen molar-refractivity contribution in [2.45, 2.75) is 108 Å². The van der Waals surface area contributed by atoms with Gasteiger partial charge in [-0.25, -0.2) is 0 Å². The minimum absolute atomic E-state index is 0.00435. The molecule has 106 heavy (non-hydrogen) atoms. The first-order valence-electron chi connectivity index (χ1n) is 38.4. The SMILES string of the molecule is CN(Cc1ccco1)C(=O)c1ccccc1C1CCN(CCN2C(=O)COc3ccccc32)CC1.O=C(CCc1ccccc1)Nc1ccccc1C1CCN(CCN2C(=O)COc3ccccc32)CC1.O=C(NCC1CCCCC1)c1ccccc1C1CCN(CCN2C(=O)COc3ccccc32)CC1. The van der Waals surface area contributed by atoms with Crippen molar-refractivity contribution < 1.29 is 47.4 Å². The summed E-state index contributed by atoms with van der Waals surface area (Å²) in [7, 11) is 1.81. The van der Waals surface area contributed by atoms with E-state index in [1.54, 1.807) is 11.2 Å². The van der Waals surface area contributed by atoms with Gasteiger partial charge in [0.1, 0.15) is 23.0 Å². The molecule has 554 valence electrons. The van der Waals surface area contributed by atoms with E-state index >= 15 is 0 Å². The minimum atomic E-state index is 0.00435. The molecule has 0 spiro atoms. The van der Waals surface area contributed by atoms with Crippen molar-refractivity contribution in [3.63, 3.8) is 0 Å². The molecule has 8 aromatic rings. The first-order chi connectivity index (χ1) is 52.0. The molecule has 4 fully saturated rings. The molecule has 3 saturated heterocycles. The van der Waals surface area contributed by atoms with E-state index in [0.717, 1.165) is 173 Å². The predicted octanol–water partition coefficient (Wildman–Crippen LogP) is 13.6. The number of para-hydroxylation sites is 7.